The predicted octanol–water partition coefficient (Wildman–Crippen LogP) is 4.61. The Balaban J connectivity index is 1.44. The minimum absolute atomic E-state index is 0.0135. The van der Waals surface area contributed by atoms with E-state index in [0.29, 0.717) is 39.9 Å². The summed E-state index contributed by atoms with van der Waals surface area (Å²) >= 11 is 5.86. The van der Waals surface area contributed by atoms with Crippen molar-refractivity contribution in [1.29, 1.82) is 0 Å². The quantitative estimate of drug-likeness (QED) is 0.489. The zero-order valence-electron chi connectivity index (χ0n) is 20.3. The summed E-state index contributed by atoms with van der Waals surface area (Å²) in [4.78, 5) is 46.3. The van der Waals surface area contributed by atoms with E-state index in [-0.39, 0.29) is 11.8 Å². The van der Waals surface area contributed by atoms with Gasteiger partial charge in [0.15, 0.2) is 0 Å². The lowest BCUT2D eigenvalue weighted by molar-refractivity contribution is -0.119. The van der Waals surface area contributed by atoms with E-state index < -0.39 is 5.91 Å². The van der Waals surface area contributed by atoms with Crippen molar-refractivity contribution in [2.45, 2.75) is 19.8 Å². The molecule has 0 atom stereocenters. The lowest BCUT2D eigenvalue weighted by Gasteiger charge is -2.21. The minimum Gasteiger partial charge on any atom is -0.321 e. The molecule has 3 aromatic rings. The first-order valence-corrected chi connectivity index (χ1v) is 12.1. The Morgan fingerprint density at radius 1 is 0.972 bits per heavy atom. The van der Waals surface area contributed by atoms with E-state index >= 15 is 0 Å². The van der Waals surface area contributed by atoms with Gasteiger partial charge in [0.1, 0.15) is 5.82 Å². The van der Waals surface area contributed by atoms with E-state index in [0.717, 1.165) is 31.5 Å². The van der Waals surface area contributed by atoms with Crippen molar-refractivity contribution < 1.29 is 14.4 Å². The van der Waals surface area contributed by atoms with Crippen LogP contribution in [0.2, 0.25) is 5.02 Å². The third kappa shape index (κ3) is 6.27. The molecular formula is C27H28ClN5O3. The van der Waals surface area contributed by atoms with E-state index in [1.54, 1.807) is 60.5 Å². The smallest absolute Gasteiger partial charge is 0.258 e. The van der Waals surface area contributed by atoms with Crippen LogP contribution in [-0.2, 0) is 4.79 Å². The first kappa shape index (κ1) is 25.3. The second kappa shape index (κ2) is 11.3. The number of aryl methyl sites for hydroxylation is 1. The number of nitrogens with zero attached hydrogens (tertiary/aromatic N) is 3. The maximum Gasteiger partial charge on any atom is 0.258 e. The van der Waals surface area contributed by atoms with Gasteiger partial charge in [-0.15, -0.1) is 0 Å². The maximum atomic E-state index is 13.0. The zero-order valence-corrected chi connectivity index (χ0v) is 21.0. The van der Waals surface area contributed by atoms with Crippen molar-refractivity contribution in [3.05, 3.63) is 82.5 Å². The fourth-order valence-corrected chi connectivity index (χ4v) is 4.11. The van der Waals surface area contributed by atoms with Crippen molar-refractivity contribution in [2.75, 3.05) is 42.2 Å². The van der Waals surface area contributed by atoms with E-state index in [4.69, 9.17) is 11.6 Å². The molecule has 0 aliphatic carbocycles. The number of carbonyl (C=O) groups is 3. The number of carbonyl (C=O) groups excluding carboxylic acids is 3. The summed E-state index contributed by atoms with van der Waals surface area (Å²) in [6.07, 6.45) is 3.70. The topological polar surface area (TPSA) is 94.6 Å². The molecule has 1 aliphatic rings. The van der Waals surface area contributed by atoms with Crippen LogP contribution >= 0.6 is 11.6 Å². The summed E-state index contributed by atoms with van der Waals surface area (Å²) in [7, 11) is 1.74. The van der Waals surface area contributed by atoms with Gasteiger partial charge in [-0.3, -0.25) is 19.3 Å². The van der Waals surface area contributed by atoms with Gasteiger partial charge in [-0.05, 0) is 81.4 Å². The van der Waals surface area contributed by atoms with Gasteiger partial charge in [-0.2, -0.15) is 0 Å². The number of pyridine rings is 1. The average Bonchev–Trinajstić information content (AvgIpc) is 3.39. The van der Waals surface area contributed by atoms with Gasteiger partial charge in [-0.25, -0.2) is 4.98 Å². The standard InChI is InChI=1S/C27H28ClN5O3/c1-18-5-11-23(22(15-18)27(36)31-24-12-8-20(28)16-29-24)30-26(35)19-6-9-21(10-7-19)32(2)25(34)17-33-13-3-4-14-33/h5-12,15-16H,3-4,13-14,17H2,1-2H3,(H,30,35)(H,29,31,36). The molecule has 3 amide bonds. The molecule has 1 saturated heterocycles. The van der Waals surface area contributed by atoms with Crippen LogP contribution in [0, 0.1) is 6.92 Å². The summed E-state index contributed by atoms with van der Waals surface area (Å²) in [5.74, 6) is -0.408. The van der Waals surface area contributed by atoms with Gasteiger partial charge in [0.2, 0.25) is 5.91 Å². The van der Waals surface area contributed by atoms with Crippen LogP contribution in [0.25, 0.3) is 0 Å². The largest absolute Gasteiger partial charge is 0.321 e. The number of amides is 3. The second-order valence-corrected chi connectivity index (χ2v) is 9.24. The SMILES string of the molecule is Cc1ccc(NC(=O)c2ccc(N(C)C(=O)CN3CCCC3)cc2)c(C(=O)Nc2ccc(Cl)cn2)c1. The number of rotatable bonds is 7. The molecule has 186 valence electrons. The molecule has 2 aromatic carbocycles. The van der Waals surface area contributed by atoms with Crippen molar-refractivity contribution in [1.82, 2.24) is 9.88 Å². The summed E-state index contributed by atoms with van der Waals surface area (Å²) in [6.45, 7) is 4.16. The van der Waals surface area contributed by atoms with Crippen LogP contribution in [0.15, 0.2) is 60.8 Å². The highest BCUT2D eigenvalue weighted by Gasteiger charge is 2.19. The highest BCUT2D eigenvalue weighted by Crippen LogP contribution is 2.22. The predicted molar refractivity (Wildman–Crippen MR) is 142 cm³/mol. The normalized spacial score (nSPS) is 13.3. The third-order valence-electron chi connectivity index (χ3n) is 6.09. The number of nitrogens with one attached hydrogen (secondary N) is 2. The average molecular weight is 506 g/mol. The van der Waals surface area contributed by atoms with Crippen LogP contribution in [0.1, 0.15) is 39.1 Å². The number of halogens is 1. The fraction of sp³-hybridized carbons (Fsp3) is 0.259. The molecule has 1 fully saturated rings. The fourth-order valence-electron chi connectivity index (χ4n) is 4.00. The van der Waals surface area contributed by atoms with Gasteiger partial charge < -0.3 is 15.5 Å². The van der Waals surface area contributed by atoms with E-state index in [1.165, 1.54) is 6.20 Å². The van der Waals surface area contributed by atoms with Gasteiger partial charge in [0, 0.05) is 24.5 Å². The Hall–Kier alpha value is -3.75. The van der Waals surface area contributed by atoms with Crippen molar-refractivity contribution >= 4 is 46.5 Å². The molecule has 0 bridgehead atoms. The van der Waals surface area contributed by atoms with E-state index in [2.05, 4.69) is 20.5 Å². The van der Waals surface area contributed by atoms with E-state index in [1.807, 2.05) is 13.0 Å². The summed E-state index contributed by atoms with van der Waals surface area (Å²) in [6, 6.07) is 15.2. The van der Waals surface area contributed by atoms with E-state index in [9.17, 15) is 14.4 Å². The third-order valence-corrected chi connectivity index (χ3v) is 6.31. The van der Waals surface area contributed by atoms with Crippen molar-refractivity contribution in [2.24, 2.45) is 0 Å². The number of likely N-dealkylation sites (N-methyl/N-ethyl adjacent to an activating group) is 1. The molecule has 0 unspecified atom stereocenters. The molecule has 1 aliphatic heterocycles. The lowest BCUT2D eigenvalue weighted by atomic mass is 10.1. The monoisotopic (exact) mass is 505 g/mol. The summed E-state index contributed by atoms with van der Waals surface area (Å²) in [5, 5.41) is 6.01. The first-order chi connectivity index (χ1) is 17.3. The van der Waals surface area contributed by atoms with Crippen LogP contribution in [0.3, 0.4) is 0 Å². The summed E-state index contributed by atoms with van der Waals surface area (Å²) < 4.78 is 0. The van der Waals surface area contributed by atoms with Gasteiger partial charge >= 0.3 is 0 Å². The number of aromatic nitrogens is 1. The molecule has 36 heavy (non-hydrogen) atoms. The second-order valence-electron chi connectivity index (χ2n) is 8.80. The molecule has 1 aromatic heterocycles. The Bertz CT molecular complexity index is 1260. The lowest BCUT2D eigenvalue weighted by Crippen LogP contribution is -2.37. The van der Waals surface area contributed by atoms with Gasteiger partial charge in [-0.1, -0.05) is 23.2 Å². The Morgan fingerprint density at radius 3 is 2.36 bits per heavy atom. The number of hydrogen-bond donors (Lipinski definition) is 2. The molecule has 8 nitrogen and oxygen atoms in total. The number of hydrogen-bond acceptors (Lipinski definition) is 5. The zero-order chi connectivity index (χ0) is 25.7. The highest BCUT2D eigenvalue weighted by molar-refractivity contribution is 6.30. The molecule has 2 heterocycles. The van der Waals surface area contributed by atoms with Gasteiger partial charge in [0.05, 0.1) is 22.8 Å². The Kier molecular flexibility index (Phi) is 7.97. The molecule has 0 radical (unpaired) electrons. The summed E-state index contributed by atoms with van der Waals surface area (Å²) in [5.41, 5.74) is 2.67. The van der Waals surface area contributed by atoms with Crippen molar-refractivity contribution in [3.8, 4) is 0 Å². The number of likely N-dealkylation sites (tertiary alicyclic amines) is 1. The van der Waals surface area contributed by atoms with Gasteiger partial charge in [0.25, 0.3) is 11.8 Å². The van der Waals surface area contributed by atoms with Crippen LogP contribution in [-0.4, -0.2) is 54.3 Å². The maximum absolute atomic E-state index is 13.0. The number of anilines is 3. The molecule has 4 rings (SSSR count). The molecule has 2 N–H and O–H groups in total. The minimum atomic E-state index is -0.405. The molecule has 0 saturated carbocycles. The van der Waals surface area contributed by atoms with Crippen LogP contribution in [0.5, 0.6) is 0 Å². The Labute approximate surface area is 215 Å². The molecule has 0 spiro atoms. The van der Waals surface area contributed by atoms with Crippen LogP contribution in [0.4, 0.5) is 17.2 Å². The molecular weight excluding hydrogens is 478 g/mol. The first-order valence-electron chi connectivity index (χ1n) is 11.7. The Morgan fingerprint density at radius 2 is 1.69 bits per heavy atom. The highest BCUT2D eigenvalue weighted by atomic mass is 35.5. The number of benzene rings is 2. The van der Waals surface area contributed by atoms with Crippen molar-refractivity contribution in [3.63, 3.8) is 0 Å². The molecule has 9 heteroatoms. The van der Waals surface area contributed by atoms with Crippen LogP contribution < -0.4 is 15.5 Å².